The first-order valence-corrected chi connectivity index (χ1v) is 6.70. The summed E-state index contributed by atoms with van der Waals surface area (Å²) in [5.74, 6) is 0. The van der Waals surface area contributed by atoms with Gasteiger partial charge in [0.2, 0.25) is 0 Å². The predicted octanol–water partition coefficient (Wildman–Crippen LogP) is 3.28. The lowest BCUT2D eigenvalue weighted by Gasteiger charge is -2.12. The van der Waals surface area contributed by atoms with Gasteiger partial charge in [0, 0.05) is 9.86 Å². The van der Waals surface area contributed by atoms with E-state index in [0.717, 1.165) is 26.3 Å². The quantitative estimate of drug-likeness (QED) is 0.645. The van der Waals surface area contributed by atoms with Gasteiger partial charge in [-0.05, 0) is 36.6 Å². The van der Waals surface area contributed by atoms with Crippen molar-refractivity contribution in [2.24, 2.45) is 0 Å². The van der Waals surface area contributed by atoms with Crippen molar-refractivity contribution < 1.29 is 4.84 Å². The number of pyridine rings is 1. The first-order valence-electron chi connectivity index (χ1n) is 5.91. The number of hydrogen-bond donors (Lipinski definition) is 0. The van der Waals surface area contributed by atoms with Crippen molar-refractivity contribution in [3.05, 3.63) is 56.8 Å². The minimum Gasteiger partial charge on any atom is -0.413 e. The Labute approximate surface area is 118 Å². The monoisotopic (exact) mass is 317 g/mol. The topological polar surface area (TPSA) is 31.2 Å². The Morgan fingerprint density at radius 3 is 2.58 bits per heavy atom. The van der Waals surface area contributed by atoms with Crippen LogP contribution in [0.1, 0.15) is 5.56 Å². The third-order valence-electron chi connectivity index (χ3n) is 3.24. The molecule has 1 heterocycles. The van der Waals surface area contributed by atoms with Gasteiger partial charge in [-0.2, -0.15) is 0 Å². The fraction of sp³-hybridized carbons (Fsp3) is 0.133. The highest BCUT2D eigenvalue weighted by molar-refractivity contribution is 9.10. The maximum absolute atomic E-state index is 12.4. The molecule has 19 heavy (non-hydrogen) atoms. The summed E-state index contributed by atoms with van der Waals surface area (Å²) in [7, 11) is 1.50. The zero-order chi connectivity index (χ0) is 13.6. The van der Waals surface area contributed by atoms with Gasteiger partial charge in [0.15, 0.2) is 0 Å². The van der Waals surface area contributed by atoms with E-state index in [-0.39, 0.29) is 5.56 Å². The molecule has 3 nitrogen and oxygen atoms in total. The Balaban J connectivity index is 2.65. The summed E-state index contributed by atoms with van der Waals surface area (Å²) >= 11 is 3.40. The number of benzene rings is 2. The SMILES string of the molecule is COn1c(=O)c2cc(Br)ccc2c2cc(C)ccc21. The molecule has 0 bridgehead atoms. The van der Waals surface area contributed by atoms with E-state index in [4.69, 9.17) is 4.84 Å². The number of nitrogens with zero attached hydrogens (tertiary/aromatic N) is 1. The molecule has 0 radical (unpaired) electrons. The minimum absolute atomic E-state index is 0.143. The summed E-state index contributed by atoms with van der Waals surface area (Å²) in [6.07, 6.45) is 0. The molecular formula is C15H12BrNO2. The number of aromatic nitrogens is 1. The molecule has 0 amide bonds. The lowest BCUT2D eigenvalue weighted by molar-refractivity contribution is 0.170. The van der Waals surface area contributed by atoms with Gasteiger partial charge in [0.25, 0.3) is 5.56 Å². The van der Waals surface area contributed by atoms with Crippen molar-refractivity contribution in [2.45, 2.75) is 6.92 Å². The van der Waals surface area contributed by atoms with Crippen LogP contribution < -0.4 is 10.4 Å². The average Bonchev–Trinajstić information content (AvgIpc) is 2.40. The summed E-state index contributed by atoms with van der Waals surface area (Å²) < 4.78 is 2.22. The van der Waals surface area contributed by atoms with E-state index in [0.29, 0.717) is 5.39 Å². The molecular weight excluding hydrogens is 306 g/mol. The second-order valence-electron chi connectivity index (χ2n) is 4.49. The Morgan fingerprint density at radius 1 is 1.05 bits per heavy atom. The minimum atomic E-state index is -0.143. The van der Waals surface area contributed by atoms with E-state index < -0.39 is 0 Å². The van der Waals surface area contributed by atoms with Crippen LogP contribution in [0.5, 0.6) is 0 Å². The molecule has 0 atom stereocenters. The van der Waals surface area contributed by atoms with Crippen molar-refractivity contribution in [1.82, 2.24) is 4.73 Å². The summed E-state index contributed by atoms with van der Waals surface area (Å²) in [4.78, 5) is 17.7. The lowest BCUT2D eigenvalue weighted by atomic mass is 10.0. The largest absolute Gasteiger partial charge is 0.413 e. The van der Waals surface area contributed by atoms with Crippen LogP contribution in [0.3, 0.4) is 0 Å². The Morgan fingerprint density at radius 2 is 1.84 bits per heavy atom. The molecule has 3 rings (SSSR count). The zero-order valence-electron chi connectivity index (χ0n) is 10.6. The van der Waals surface area contributed by atoms with E-state index in [9.17, 15) is 4.79 Å². The molecule has 0 N–H and O–H groups in total. The molecule has 0 saturated heterocycles. The predicted molar refractivity (Wildman–Crippen MR) is 80.7 cm³/mol. The number of aryl methyl sites for hydroxylation is 1. The summed E-state index contributed by atoms with van der Waals surface area (Å²) in [5, 5.41) is 2.61. The van der Waals surface area contributed by atoms with Gasteiger partial charge in [-0.3, -0.25) is 4.79 Å². The lowest BCUT2D eigenvalue weighted by Crippen LogP contribution is -2.25. The van der Waals surface area contributed by atoms with Crippen LogP contribution >= 0.6 is 15.9 Å². The van der Waals surface area contributed by atoms with Crippen molar-refractivity contribution in [2.75, 3.05) is 7.11 Å². The van der Waals surface area contributed by atoms with Crippen LogP contribution in [0.15, 0.2) is 45.7 Å². The second-order valence-corrected chi connectivity index (χ2v) is 5.41. The zero-order valence-corrected chi connectivity index (χ0v) is 12.2. The molecule has 2 aromatic carbocycles. The Bertz CT molecular complexity index is 852. The molecule has 0 saturated carbocycles. The van der Waals surface area contributed by atoms with E-state index in [2.05, 4.69) is 22.0 Å². The highest BCUT2D eigenvalue weighted by Crippen LogP contribution is 2.25. The van der Waals surface area contributed by atoms with Gasteiger partial charge < -0.3 is 4.84 Å². The fourth-order valence-electron chi connectivity index (χ4n) is 2.37. The highest BCUT2D eigenvalue weighted by atomic mass is 79.9. The molecule has 0 fully saturated rings. The normalized spacial score (nSPS) is 11.1. The molecule has 96 valence electrons. The van der Waals surface area contributed by atoms with Crippen LogP contribution in [0.4, 0.5) is 0 Å². The maximum Gasteiger partial charge on any atom is 0.291 e. The first kappa shape index (κ1) is 12.2. The molecule has 3 aromatic rings. The number of rotatable bonds is 1. The van der Waals surface area contributed by atoms with E-state index in [1.807, 2.05) is 37.3 Å². The van der Waals surface area contributed by atoms with Crippen LogP contribution in [0.2, 0.25) is 0 Å². The van der Waals surface area contributed by atoms with Gasteiger partial charge in [0.1, 0.15) is 7.11 Å². The standard InChI is InChI=1S/C15H12BrNO2/c1-9-3-6-14-12(7-9)11-5-4-10(16)8-13(11)15(18)17(14)19-2/h3-8H,1-2H3. The van der Waals surface area contributed by atoms with Crippen LogP contribution in [0, 0.1) is 6.92 Å². The molecule has 0 aliphatic rings. The molecule has 0 spiro atoms. The fourth-order valence-corrected chi connectivity index (χ4v) is 2.73. The second kappa shape index (κ2) is 4.38. The summed E-state index contributed by atoms with van der Waals surface area (Å²) in [5.41, 5.74) is 1.79. The van der Waals surface area contributed by atoms with Gasteiger partial charge in [0.05, 0.1) is 10.9 Å². The van der Waals surface area contributed by atoms with E-state index in [1.54, 1.807) is 0 Å². The van der Waals surface area contributed by atoms with Crippen LogP contribution in [-0.4, -0.2) is 11.8 Å². The summed E-state index contributed by atoms with van der Waals surface area (Å²) in [6.45, 7) is 2.03. The molecule has 0 aliphatic carbocycles. The maximum atomic E-state index is 12.4. The highest BCUT2D eigenvalue weighted by Gasteiger charge is 2.11. The van der Waals surface area contributed by atoms with Crippen molar-refractivity contribution in [3.8, 4) is 0 Å². The third-order valence-corrected chi connectivity index (χ3v) is 3.73. The van der Waals surface area contributed by atoms with Gasteiger partial charge in [-0.15, -0.1) is 4.73 Å². The molecule has 4 heteroatoms. The number of hydrogen-bond acceptors (Lipinski definition) is 2. The van der Waals surface area contributed by atoms with Gasteiger partial charge in [-0.1, -0.05) is 33.6 Å². The average molecular weight is 318 g/mol. The first-order chi connectivity index (χ1) is 9.11. The number of fused-ring (bicyclic) bond motifs is 3. The van der Waals surface area contributed by atoms with E-state index in [1.165, 1.54) is 11.8 Å². The van der Waals surface area contributed by atoms with Crippen molar-refractivity contribution >= 4 is 37.6 Å². The van der Waals surface area contributed by atoms with Gasteiger partial charge in [-0.25, -0.2) is 0 Å². The number of halogens is 1. The van der Waals surface area contributed by atoms with E-state index >= 15 is 0 Å². The molecule has 0 aliphatic heterocycles. The molecule has 0 unspecified atom stereocenters. The van der Waals surface area contributed by atoms with Crippen molar-refractivity contribution in [1.29, 1.82) is 0 Å². The van der Waals surface area contributed by atoms with Gasteiger partial charge >= 0.3 is 0 Å². The Hall–Kier alpha value is -1.81. The smallest absolute Gasteiger partial charge is 0.291 e. The molecule has 1 aromatic heterocycles. The van der Waals surface area contributed by atoms with Crippen LogP contribution in [-0.2, 0) is 0 Å². The summed E-state index contributed by atoms with van der Waals surface area (Å²) in [6, 6.07) is 11.7. The van der Waals surface area contributed by atoms with Crippen molar-refractivity contribution in [3.63, 3.8) is 0 Å². The third kappa shape index (κ3) is 1.83. The van der Waals surface area contributed by atoms with Crippen LogP contribution in [0.25, 0.3) is 21.7 Å². The Kier molecular flexibility index (Phi) is 2.82.